The molecule has 0 aromatic heterocycles. The molecule has 0 atom stereocenters. The molecule has 0 aliphatic rings. The highest BCUT2D eigenvalue weighted by Crippen LogP contribution is 2.24. The SMILES string of the molecule is COCSc1cc(SCOC)cc(B(O)O)c1. The van der Waals surface area contributed by atoms with Crippen molar-refractivity contribution in [1.82, 2.24) is 0 Å². The first-order valence-corrected chi connectivity index (χ1v) is 6.89. The summed E-state index contributed by atoms with van der Waals surface area (Å²) < 4.78 is 9.95. The van der Waals surface area contributed by atoms with Crippen molar-refractivity contribution < 1.29 is 19.5 Å². The molecule has 17 heavy (non-hydrogen) atoms. The van der Waals surface area contributed by atoms with E-state index in [2.05, 4.69) is 0 Å². The van der Waals surface area contributed by atoms with E-state index < -0.39 is 7.12 Å². The predicted octanol–water partition coefficient (Wildman–Crippen LogP) is 0.758. The van der Waals surface area contributed by atoms with Gasteiger partial charge in [0.25, 0.3) is 0 Å². The molecule has 1 aromatic carbocycles. The van der Waals surface area contributed by atoms with Crippen molar-refractivity contribution in [2.75, 3.05) is 26.1 Å². The minimum Gasteiger partial charge on any atom is -0.423 e. The Balaban J connectivity index is 2.84. The van der Waals surface area contributed by atoms with Crippen molar-refractivity contribution in [2.24, 2.45) is 0 Å². The number of hydrogen-bond acceptors (Lipinski definition) is 6. The first kappa shape index (κ1) is 14.9. The van der Waals surface area contributed by atoms with E-state index in [1.54, 1.807) is 26.4 Å². The van der Waals surface area contributed by atoms with Crippen molar-refractivity contribution in [3.05, 3.63) is 18.2 Å². The molecule has 0 amide bonds. The normalized spacial score (nSPS) is 10.6. The summed E-state index contributed by atoms with van der Waals surface area (Å²) in [4.78, 5) is 1.88. The first-order valence-electron chi connectivity index (χ1n) is 4.92. The maximum absolute atomic E-state index is 9.20. The Labute approximate surface area is 110 Å². The van der Waals surface area contributed by atoms with Gasteiger partial charge in [-0.05, 0) is 23.7 Å². The molecule has 0 saturated carbocycles. The average molecular weight is 274 g/mol. The quantitative estimate of drug-likeness (QED) is 0.435. The standard InChI is InChI=1S/C10H15BO4S2/c1-14-6-16-9-3-8(11(12)13)4-10(5-9)17-7-15-2/h3-5,12-13H,6-7H2,1-2H3. The van der Waals surface area contributed by atoms with Crippen LogP contribution in [-0.4, -0.2) is 43.3 Å². The molecule has 0 unspecified atom stereocenters. The van der Waals surface area contributed by atoms with Crippen molar-refractivity contribution >= 4 is 36.1 Å². The Kier molecular flexibility index (Phi) is 7.02. The van der Waals surface area contributed by atoms with Crippen LogP contribution in [0.2, 0.25) is 0 Å². The fraction of sp³-hybridized carbons (Fsp3) is 0.400. The highest BCUT2D eigenvalue weighted by molar-refractivity contribution is 8.00. The zero-order chi connectivity index (χ0) is 12.7. The molecule has 1 aromatic rings. The van der Waals surface area contributed by atoms with Gasteiger partial charge in [-0.1, -0.05) is 23.5 Å². The minimum absolute atomic E-state index is 0.477. The van der Waals surface area contributed by atoms with Gasteiger partial charge in [0.2, 0.25) is 0 Å². The van der Waals surface area contributed by atoms with Crippen LogP contribution in [0.5, 0.6) is 0 Å². The number of benzene rings is 1. The summed E-state index contributed by atoms with van der Waals surface area (Å²) in [6.07, 6.45) is 0. The van der Waals surface area contributed by atoms with Gasteiger partial charge >= 0.3 is 7.12 Å². The lowest BCUT2D eigenvalue weighted by Gasteiger charge is -2.08. The van der Waals surface area contributed by atoms with Gasteiger partial charge in [0.05, 0.1) is 11.9 Å². The van der Waals surface area contributed by atoms with Crippen LogP contribution in [0.4, 0.5) is 0 Å². The zero-order valence-electron chi connectivity index (χ0n) is 9.75. The first-order chi connectivity index (χ1) is 8.17. The van der Waals surface area contributed by atoms with Crippen LogP contribution >= 0.6 is 23.5 Å². The van der Waals surface area contributed by atoms with E-state index in [0.717, 1.165) is 9.79 Å². The van der Waals surface area contributed by atoms with Gasteiger partial charge in [-0.2, -0.15) is 0 Å². The van der Waals surface area contributed by atoms with Crippen LogP contribution in [0.3, 0.4) is 0 Å². The molecule has 0 aliphatic heterocycles. The third-order valence-corrected chi connectivity index (χ3v) is 3.73. The van der Waals surface area contributed by atoms with Crippen LogP contribution < -0.4 is 5.46 Å². The highest BCUT2D eigenvalue weighted by Gasteiger charge is 2.13. The van der Waals surface area contributed by atoms with E-state index in [9.17, 15) is 10.0 Å². The lowest BCUT2D eigenvalue weighted by molar-refractivity contribution is 0.258. The number of thioether (sulfide) groups is 2. The van der Waals surface area contributed by atoms with E-state index >= 15 is 0 Å². The molecule has 4 nitrogen and oxygen atoms in total. The number of hydrogen-bond donors (Lipinski definition) is 2. The smallest absolute Gasteiger partial charge is 0.423 e. The molecule has 0 saturated heterocycles. The summed E-state index contributed by atoms with van der Waals surface area (Å²) in [6.45, 7) is 0. The van der Waals surface area contributed by atoms with Crippen LogP contribution in [0.1, 0.15) is 0 Å². The topological polar surface area (TPSA) is 58.9 Å². The molecule has 0 heterocycles. The Hall–Kier alpha value is -0.175. The third-order valence-electron chi connectivity index (χ3n) is 1.89. The second-order valence-electron chi connectivity index (χ2n) is 3.21. The van der Waals surface area contributed by atoms with Gasteiger partial charge in [0.1, 0.15) is 0 Å². The second kappa shape index (κ2) is 8.02. The summed E-state index contributed by atoms with van der Waals surface area (Å²) in [5, 5.41) is 18.4. The van der Waals surface area contributed by atoms with E-state index in [0.29, 0.717) is 17.3 Å². The summed E-state index contributed by atoms with van der Waals surface area (Å²) >= 11 is 3.00. The lowest BCUT2D eigenvalue weighted by Crippen LogP contribution is -2.29. The van der Waals surface area contributed by atoms with Crippen molar-refractivity contribution in [3.63, 3.8) is 0 Å². The van der Waals surface area contributed by atoms with Crippen LogP contribution in [0, 0.1) is 0 Å². The van der Waals surface area contributed by atoms with Gasteiger partial charge < -0.3 is 19.5 Å². The summed E-state index contributed by atoms with van der Waals surface area (Å²) in [5.74, 6) is 1.05. The van der Waals surface area contributed by atoms with E-state index in [-0.39, 0.29) is 0 Å². The van der Waals surface area contributed by atoms with E-state index in [1.807, 2.05) is 6.07 Å². The van der Waals surface area contributed by atoms with Crippen LogP contribution in [0.15, 0.2) is 28.0 Å². The van der Waals surface area contributed by atoms with Gasteiger partial charge in [-0.25, -0.2) is 0 Å². The molecule has 94 valence electrons. The monoisotopic (exact) mass is 274 g/mol. The summed E-state index contributed by atoms with van der Waals surface area (Å²) in [5.41, 5.74) is 0.477. The highest BCUT2D eigenvalue weighted by atomic mass is 32.2. The molecule has 0 bridgehead atoms. The molecule has 2 N–H and O–H groups in total. The van der Waals surface area contributed by atoms with Crippen molar-refractivity contribution in [1.29, 1.82) is 0 Å². The molecule has 0 spiro atoms. The molecule has 1 rings (SSSR count). The molecular weight excluding hydrogens is 259 g/mol. The molecule has 0 radical (unpaired) electrons. The van der Waals surface area contributed by atoms with E-state index in [4.69, 9.17) is 9.47 Å². The number of rotatable bonds is 7. The fourth-order valence-electron chi connectivity index (χ4n) is 1.16. The molecule has 0 aliphatic carbocycles. The Bertz CT molecular complexity index is 323. The second-order valence-corrected chi connectivity index (χ2v) is 5.20. The molecular formula is C10H15BO4S2. The van der Waals surface area contributed by atoms with Crippen molar-refractivity contribution in [2.45, 2.75) is 9.79 Å². The van der Waals surface area contributed by atoms with Gasteiger partial charge in [-0.15, -0.1) is 0 Å². The Morgan fingerprint density at radius 2 is 1.47 bits per heavy atom. The lowest BCUT2D eigenvalue weighted by atomic mass is 9.80. The summed E-state index contributed by atoms with van der Waals surface area (Å²) in [6, 6.07) is 5.45. The molecule has 7 heteroatoms. The van der Waals surface area contributed by atoms with E-state index in [1.165, 1.54) is 23.5 Å². The fourth-order valence-corrected chi connectivity index (χ4v) is 2.61. The Morgan fingerprint density at radius 3 is 1.82 bits per heavy atom. The zero-order valence-corrected chi connectivity index (χ0v) is 11.4. The third kappa shape index (κ3) is 5.33. The maximum atomic E-state index is 9.20. The maximum Gasteiger partial charge on any atom is 0.488 e. The predicted molar refractivity (Wildman–Crippen MR) is 71.7 cm³/mol. The molecule has 0 fully saturated rings. The van der Waals surface area contributed by atoms with Gasteiger partial charge in [0, 0.05) is 24.0 Å². The van der Waals surface area contributed by atoms with Crippen LogP contribution in [0.25, 0.3) is 0 Å². The average Bonchev–Trinajstić information content (AvgIpc) is 2.33. The largest absolute Gasteiger partial charge is 0.488 e. The van der Waals surface area contributed by atoms with Gasteiger partial charge in [0.15, 0.2) is 0 Å². The van der Waals surface area contributed by atoms with Crippen molar-refractivity contribution in [3.8, 4) is 0 Å². The van der Waals surface area contributed by atoms with Crippen LogP contribution in [-0.2, 0) is 9.47 Å². The Morgan fingerprint density at radius 1 is 1.00 bits per heavy atom. The number of ether oxygens (including phenoxy) is 2. The summed E-state index contributed by atoms with van der Waals surface area (Å²) in [7, 11) is 1.79. The number of methoxy groups -OCH3 is 2. The minimum atomic E-state index is -1.46. The van der Waals surface area contributed by atoms with Gasteiger partial charge in [-0.3, -0.25) is 0 Å².